The number of benzene rings is 1. The Hall–Kier alpha value is -3.14. The molecule has 0 saturated carbocycles. The zero-order valence-corrected chi connectivity index (χ0v) is 19.4. The van der Waals surface area contributed by atoms with Gasteiger partial charge < -0.3 is 24.7 Å². The Morgan fingerprint density at radius 3 is 2.17 bits per heavy atom. The van der Waals surface area contributed by atoms with Crippen molar-refractivity contribution in [1.29, 1.82) is 0 Å². The number of rotatable bonds is 13. The molecule has 35 heavy (non-hydrogen) atoms. The fraction of sp³-hybridized carbons (Fsp3) is 0.500. The maximum absolute atomic E-state index is 12.8. The van der Waals surface area contributed by atoms with E-state index in [9.17, 15) is 19.2 Å². The van der Waals surface area contributed by atoms with Gasteiger partial charge in [-0.1, -0.05) is 11.8 Å². The minimum absolute atomic E-state index is 0.0738. The Kier molecular flexibility index (Phi) is 10.3. The van der Waals surface area contributed by atoms with E-state index in [0.29, 0.717) is 58.4 Å². The van der Waals surface area contributed by atoms with E-state index in [1.807, 2.05) is 0 Å². The second-order valence-corrected chi connectivity index (χ2v) is 7.69. The third-order valence-corrected chi connectivity index (χ3v) is 5.22. The Morgan fingerprint density at radius 1 is 0.886 bits per heavy atom. The van der Waals surface area contributed by atoms with E-state index < -0.39 is 29.7 Å². The van der Waals surface area contributed by atoms with Gasteiger partial charge in [-0.25, -0.2) is 0 Å². The van der Waals surface area contributed by atoms with E-state index in [0.717, 1.165) is 4.90 Å². The van der Waals surface area contributed by atoms with Gasteiger partial charge in [0.15, 0.2) is 0 Å². The number of nitrogens with two attached hydrogens (primary N) is 1. The molecule has 4 amide bonds. The van der Waals surface area contributed by atoms with E-state index in [1.165, 1.54) is 12.1 Å². The first-order chi connectivity index (χ1) is 17.0. The number of ether oxygens (including phenoxy) is 4. The number of nitrogens with one attached hydrogen (secondary N) is 1. The van der Waals surface area contributed by atoms with Crippen LogP contribution in [0, 0.1) is 11.8 Å². The van der Waals surface area contributed by atoms with E-state index in [4.69, 9.17) is 24.7 Å². The average molecular weight is 488 g/mol. The first-order valence-electron chi connectivity index (χ1n) is 11.4. The number of amides is 4. The van der Waals surface area contributed by atoms with Crippen LogP contribution >= 0.6 is 0 Å². The standard InChI is InChI=1S/C24H29N3O8/c25-7-9-33-11-13-35-15-14-34-12-10-32-8-1-2-17-3-4-18-19(16-17)24(31)27(23(18)30)20-5-6-21(28)26-22(20)29/h3-4,16,20H,5-15,25H2,(H,26,28,29). The lowest BCUT2D eigenvalue weighted by Gasteiger charge is -2.27. The van der Waals surface area contributed by atoms with Gasteiger partial charge in [0.05, 0.1) is 57.4 Å². The number of hydrogen-bond acceptors (Lipinski definition) is 9. The third kappa shape index (κ3) is 7.42. The molecule has 188 valence electrons. The molecule has 0 radical (unpaired) electrons. The minimum atomic E-state index is -0.993. The van der Waals surface area contributed by atoms with Crippen LogP contribution in [0.5, 0.6) is 0 Å². The summed E-state index contributed by atoms with van der Waals surface area (Å²) in [7, 11) is 0. The van der Waals surface area contributed by atoms with Gasteiger partial charge in [-0.15, -0.1) is 0 Å². The molecule has 3 N–H and O–H groups in total. The van der Waals surface area contributed by atoms with Crippen LogP contribution in [0.3, 0.4) is 0 Å². The van der Waals surface area contributed by atoms with Crippen LogP contribution in [0.1, 0.15) is 39.1 Å². The predicted molar refractivity (Wildman–Crippen MR) is 122 cm³/mol. The number of carbonyl (C=O) groups is 4. The van der Waals surface area contributed by atoms with E-state index in [2.05, 4.69) is 17.2 Å². The summed E-state index contributed by atoms with van der Waals surface area (Å²) in [5.74, 6) is 3.58. The molecule has 2 aliphatic heterocycles. The molecule has 1 fully saturated rings. The van der Waals surface area contributed by atoms with Crippen molar-refractivity contribution in [3.63, 3.8) is 0 Å². The molecule has 0 spiro atoms. The molecule has 1 unspecified atom stereocenters. The van der Waals surface area contributed by atoms with Gasteiger partial charge in [0.25, 0.3) is 11.8 Å². The average Bonchev–Trinajstić information content (AvgIpc) is 3.09. The Morgan fingerprint density at radius 2 is 1.51 bits per heavy atom. The van der Waals surface area contributed by atoms with Crippen molar-refractivity contribution in [3.05, 3.63) is 34.9 Å². The van der Waals surface area contributed by atoms with Crippen LogP contribution in [0.2, 0.25) is 0 Å². The topological polar surface area (TPSA) is 146 Å². The molecule has 3 rings (SSSR count). The van der Waals surface area contributed by atoms with Gasteiger partial charge in [0, 0.05) is 18.5 Å². The summed E-state index contributed by atoms with van der Waals surface area (Å²) in [6, 6.07) is 3.69. The molecule has 0 aliphatic carbocycles. The van der Waals surface area contributed by atoms with Crippen molar-refractivity contribution in [2.75, 3.05) is 59.4 Å². The van der Waals surface area contributed by atoms with Gasteiger partial charge in [0.2, 0.25) is 11.8 Å². The summed E-state index contributed by atoms with van der Waals surface area (Å²) in [5.41, 5.74) is 6.26. The van der Waals surface area contributed by atoms with Gasteiger partial charge in [-0.3, -0.25) is 29.4 Å². The molecule has 2 aliphatic rings. The highest BCUT2D eigenvalue weighted by Gasteiger charge is 2.44. The van der Waals surface area contributed by atoms with E-state index in [1.54, 1.807) is 6.07 Å². The maximum Gasteiger partial charge on any atom is 0.262 e. The first kappa shape index (κ1) is 26.5. The predicted octanol–water partition coefficient (Wildman–Crippen LogP) is -0.536. The van der Waals surface area contributed by atoms with Gasteiger partial charge >= 0.3 is 0 Å². The first-order valence-corrected chi connectivity index (χ1v) is 11.4. The second-order valence-electron chi connectivity index (χ2n) is 7.69. The fourth-order valence-electron chi connectivity index (χ4n) is 3.55. The lowest BCUT2D eigenvalue weighted by Crippen LogP contribution is -2.54. The van der Waals surface area contributed by atoms with Gasteiger partial charge in [0.1, 0.15) is 12.6 Å². The lowest BCUT2D eigenvalue weighted by atomic mass is 10.0. The molecule has 1 saturated heterocycles. The van der Waals surface area contributed by atoms with Gasteiger partial charge in [-0.05, 0) is 24.6 Å². The van der Waals surface area contributed by atoms with Crippen LogP contribution in [0.15, 0.2) is 18.2 Å². The summed E-state index contributed by atoms with van der Waals surface area (Å²) >= 11 is 0. The quantitative estimate of drug-likeness (QED) is 0.213. The van der Waals surface area contributed by atoms with Crippen LogP contribution in [-0.4, -0.2) is 94.0 Å². The number of fused-ring (bicyclic) bond motifs is 1. The number of carbonyl (C=O) groups excluding carboxylic acids is 4. The van der Waals surface area contributed by atoms with Crippen molar-refractivity contribution < 1.29 is 38.1 Å². The highest BCUT2D eigenvalue weighted by molar-refractivity contribution is 6.23. The molecule has 2 heterocycles. The Labute approximate surface area is 203 Å². The molecular formula is C24H29N3O8. The van der Waals surface area contributed by atoms with Gasteiger partial charge in [-0.2, -0.15) is 0 Å². The smallest absolute Gasteiger partial charge is 0.262 e. The fourth-order valence-corrected chi connectivity index (χ4v) is 3.55. The molecule has 0 aromatic heterocycles. The summed E-state index contributed by atoms with van der Waals surface area (Å²) in [4.78, 5) is 49.9. The largest absolute Gasteiger partial charge is 0.378 e. The minimum Gasteiger partial charge on any atom is -0.378 e. The number of nitrogens with zero attached hydrogens (tertiary/aromatic N) is 1. The summed E-state index contributed by atoms with van der Waals surface area (Å²) in [6.45, 7) is 3.87. The van der Waals surface area contributed by atoms with Crippen molar-refractivity contribution in [1.82, 2.24) is 10.2 Å². The molecule has 1 aromatic rings. The van der Waals surface area contributed by atoms with Crippen molar-refractivity contribution >= 4 is 23.6 Å². The summed E-state index contributed by atoms with van der Waals surface area (Å²) in [6.07, 6.45) is 0.186. The number of piperidine rings is 1. The highest BCUT2D eigenvalue weighted by atomic mass is 16.6. The third-order valence-electron chi connectivity index (χ3n) is 5.22. The van der Waals surface area contributed by atoms with Crippen molar-refractivity contribution in [3.8, 4) is 11.8 Å². The number of imide groups is 2. The molecule has 0 bridgehead atoms. The van der Waals surface area contributed by atoms with Crippen LogP contribution in [0.25, 0.3) is 0 Å². The number of hydrogen-bond donors (Lipinski definition) is 2. The molecule has 11 nitrogen and oxygen atoms in total. The van der Waals surface area contributed by atoms with Crippen LogP contribution in [0.4, 0.5) is 0 Å². The second kappa shape index (κ2) is 13.7. The zero-order valence-electron chi connectivity index (χ0n) is 19.4. The highest BCUT2D eigenvalue weighted by Crippen LogP contribution is 2.28. The van der Waals surface area contributed by atoms with E-state index in [-0.39, 0.29) is 30.6 Å². The van der Waals surface area contributed by atoms with E-state index >= 15 is 0 Å². The zero-order chi connectivity index (χ0) is 25.0. The molecule has 11 heteroatoms. The van der Waals surface area contributed by atoms with Crippen LogP contribution < -0.4 is 11.1 Å². The molecular weight excluding hydrogens is 458 g/mol. The van der Waals surface area contributed by atoms with Crippen molar-refractivity contribution in [2.45, 2.75) is 18.9 Å². The van der Waals surface area contributed by atoms with Crippen LogP contribution in [-0.2, 0) is 28.5 Å². The Balaban J connectivity index is 1.37. The van der Waals surface area contributed by atoms with Crippen molar-refractivity contribution in [2.24, 2.45) is 5.73 Å². The molecule has 1 aromatic carbocycles. The normalized spacial score (nSPS) is 17.3. The SMILES string of the molecule is NCCOCCOCCOCCOCC#Cc1ccc2c(c1)C(=O)N(C1CCC(=O)NC1=O)C2=O. The monoisotopic (exact) mass is 487 g/mol. The molecule has 1 atom stereocenters. The maximum atomic E-state index is 12.8. The summed E-state index contributed by atoms with van der Waals surface area (Å²) in [5, 5.41) is 2.17. The Bertz CT molecular complexity index is 1000. The lowest BCUT2D eigenvalue weighted by molar-refractivity contribution is -0.136. The summed E-state index contributed by atoms with van der Waals surface area (Å²) < 4.78 is 21.3.